The van der Waals surface area contributed by atoms with E-state index in [1.807, 2.05) is 31.2 Å². The zero-order chi connectivity index (χ0) is 17.6. The molecule has 0 N–H and O–H groups in total. The number of fused-ring (bicyclic) bond motifs is 3. The molecular formula is C21H19N3O. The van der Waals surface area contributed by atoms with Crippen molar-refractivity contribution in [3.8, 4) is 11.3 Å². The molecule has 4 nitrogen and oxygen atoms in total. The lowest BCUT2D eigenvalue weighted by atomic mass is 9.58. The summed E-state index contributed by atoms with van der Waals surface area (Å²) >= 11 is 0. The van der Waals surface area contributed by atoms with E-state index in [0.29, 0.717) is 0 Å². The van der Waals surface area contributed by atoms with Crippen LogP contribution in [0.25, 0.3) is 16.1 Å². The Bertz CT molecular complexity index is 926. The van der Waals surface area contributed by atoms with E-state index in [9.17, 15) is 4.79 Å². The molecule has 124 valence electrons. The molecule has 0 spiro atoms. The van der Waals surface area contributed by atoms with Gasteiger partial charge in [0.1, 0.15) is 6.33 Å². The Morgan fingerprint density at radius 2 is 2.00 bits per heavy atom. The first-order valence-corrected chi connectivity index (χ1v) is 8.60. The maximum atomic E-state index is 12.4. The number of hydrogen-bond acceptors (Lipinski definition) is 3. The number of allylic oxidation sites excluding steroid dienone is 2. The molecule has 4 heteroatoms. The standard InChI is InChI=1S/C21H19N3O/c1-13-16-10-9-15-18(14-7-5-4-6-8-14)23-12-24-20(15)21(16,2)11-17(22-3)19(13)25/h4-8,11-13,16H,9-10H2,1-2H3/t13-,16-,21-/m1/s1. The molecule has 1 heterocycles. The van der Waals surface area contributed by atoms with Gasteiger partial charge in [0.2, 0.25) is 5.70 Å². The van der Waals surface area contributed by atoms with Crippen LogP contribution in [0, 0.1) is 18.4 Å². The number of carbonyl (C=O) groups is 1. The van der Waals surface area contributed by atoms with Crippen LogP contribution in [0.15, 0.2) is 48.4 Å². The smallest absolute Gasteiger partial charge is 0.226 e. The van der Waals surface area contributed by atoms with Crippen LogP contribution in [0.3, 0.4) is 0 Å². The summed E-state index contributed by atoms with van der Waals surface area (Å²) in [6, 6.07) is 10.1. The van der Waals surface area contributed by atoms with Crippen LogP contribution in [-0.4, -0.2) is 15.8 Å². The second-order valence-corrected chi connectivity index (χ2v) is 7.14. The Hall–Kier alpha value is -2.80. The van der Waals surface area contributed by atoms with Crippen molar-refractivity contribution < 1.29 is 4.79 Å². The van der Waals surface area contributed by atoms with Gasteiger partial charge in [0.15, 0.2) is 5.78 Å². The summed E-state index contributed by atoms with van der Waals surface area (Å²) in [4.78, 5) is 25.1. The minimum atomic E-state index is -0.396. The molecule has 0 fully saturated rings. The normalized spacial score (nSPS) is 27.7. The number of ketones is 1. The Labute approximate surface area is 147 Å². The van der Waals surface area contributed by atoms with Gasteiger partial charge >= 0.3 is 0 Å². The first kappa shape index (κ1) is 15.7. The summed E-state index contributed by atoms with van der Waals surface area (Å²) in [6.45, 7) is 11.4. The summed E-state index contributed by atoms with van der Waals surface area (Å²) in [6.07, 6.45) is 5.23. The lowest BCUT2D eigenvalue weighted by Gasteiger charge is -2.45. The van der Waals surface area contributed by atoms with Crippen molar-refractivity contribution in [1.82, 2.24) is 9.97 Å². The van der Waals surface area contributed by atoms with Crippen LogP contribution in [0.5, 0.6) is 0 Å². The Morgan fingerprint density at radius 1 is 1.24 bits per heavy atom. The van der Waals surface area contributed by atoms with Gasteiger partial charge in [-0.15, -0.1) is 0 Å². The number of Topliss-reactive ketones (excluding diaryl/α,β-unsaturated/α-hetero) is 1. The van der Waals surface area contributed by atoms with Gasteiger partial charge in [-0.2, -0.15) is 0 Å². The molecule has 0 radical (unpaired) electrons. The van der Waals surface area contributed by atoms with Crippen LogP contribution in [0.1, 0.15) is 31.5 Å². The van der Waals surface area contributed by atoms with Crippen LogP contribution in [0.2, 0.25) is 0 Å². The third-order valence-corrected chi connectivity index (χ3v) is 5.81. The van der Waals surface area contributed by atoms with E-state index in [1.165, 1.54) is 0 Å². The fourth-order valence-corrected chi connectivity index (χ4v) is 4.54. The zero-order valence-corrected chi connectivity index (χ0v) is 14.4. The molecule has 0 saturated carbocycles. The van der Waals surface area contributed by atoms with Gasteiger partial charge < -0.3 is 4.79 Å². The number of benzene rings is 1. The molecule has 2 aromatic rings. The number of nitrogens with zero attached hydrogens (tertiary/aromatic N) is 3. The highest BCUT2D eigenvalue weighted by molar-refractivity contribution is 6.00. The van der Waals surface area contributed by atoms with Gasteiger partial charge in [-0.3, -0.25) is 0 Å². The SMILES string of the molecule is [C-]#[N+]C1=C[C@@]2(C)c3ncnc(-c4ccccc4)c3CC[C@@H]2[C@@H](C)C1=O. The topological polar surface area (TPSA) is 47.2 Å². The number of aromatic nitrogens is 2. The van der Waals surface area contributed by atoms with E-state index in [4.69, 9.17) is 6.57 Å². The van der Waals surface area contributed by atoms with Crippen molar-refractivity contribution >= 4 is 5.78 Å². The van der Waals surface area contributed by atoms with E-state index >= 15 is 0 Å². The zero-order valence-electron chi connectivity index (χ0n) is 14.4. The summed E-state index contributed by atoms with van der Waals surface area (Å²) < 4.78 is 0. The molecule has 0 bridgehead atoms. The van der Waals surface area contributed by atoms with E-state index in [0.717, 1.165) is 35.4 Å². The van der Waals surface area contributed by atoms with Crippen LogP contribution < -0.4 is 0 Å². The molecule has 2 aliphatic carbocycles. The third kappa shape index (κ3) is 2.23. The van der Waals surface area contributed by atoms with Crippen molar-refractivity contribution in [1.29, 1.82) is 0 Å². The average Bonchev–Trinajstić information content (AvgIpc) is 2.65. The summed E-state index contributed by atoms with van der Waals surface area (Å²) in [5.41, 5.74) is 4.02. The van der Waals surface area contributed by atoms with Gasteiger partial charge in [0.25, 0.3) is 0 Å². The van der Waals surface area contributed by atoms with E-state index in [2.05, 4.69) is 33.9 Å². The van der Waals surface area contributed by atoms with Gasteiger partial charge in [0, 0.05) is 22.5 Å². The Balaban J connectivity index is 1.94. The Kier molecular flexibility index (Phi) is 3.54. The van der Waals surface area contributed by atoms with Gasteiger partial charge in [-0.25, -0.2) is 14.8 Å². The predicted octanol–water partition coefficient (Wildman–Crippen LogP) is 3.99. The van der Waals surface area contributed by atoms with E-state index in [1.54, 1.807) is 6.33 Å². The first-order chi connectivity index (χ1) is 12.1. The molecule has 0 unspecified atom stereocenters. The van der Waals surface area contributed by atoms with Gasteiger partial charge in [-0.1, -0.05) is 50.3 Å². The largest absolute Gasteiger partial charge is 0.308 e. The summed E-state index contributed by atoms with van der Waals surface area (Å²) in [5.74, 6) is -0.00261. The van der Waals surface area contributed by atoms with Crippen molar-refractivity contribution in [2.75, 3.05) is 0 Å². The fourth-order valence-electron chi connectivity index (χ4n) is 4.54. The number of carbonyl (C=O) groups excluding carboxylic acids is 1. The van der Waals surface area contributed by atoms with Crippen molar-refractivity contribution in [2.24, 2.45) is 11.8 Å². The minimum Gasteiger partial charge on any atom is -0.308 e. The fraction of sp³-hybridized carbons (Fsp3) is 0.333. The molecule has 3 atom stereocenters. The molecule has 4 rings (SSSR count). The van der Waals surface area contributed by atoms with Crippen LogP contribution in [-0.2, 0) is 16.6 Å². The highest BCUT2D eigenvalue weighted by Crippen LogP contribution is 2.50. The second kappa shape index (κ2) is 5.63. The Morgan fingerprint density at radius 3 is 2.72 bits per heavy atom. The lowest BCUT2D eigenvalue weighted by Crippen LogP contribution is -2.45. The highest BCUT2D eigenvalue weighted by Gasteiger charge is 2.49. The summed E-state index contributed by atoms with van der Waals surface area (Å²) in [5, 5.41) is 0. The minimum absolute atomic E-state index is 0.0294. The van der Waals surface area contributed by atoms with Crippen LogP contribution >= 0.6 is 0 Å². The molecule has 1 aromatic heterocycles. The van der Waals surface area contributed by atoms with Crippen molar-refractivity contribution in [2.45, 2.75) is 32.1 Å². The van der Waals surface area contributed by atoms with Gasteiger partial charge in [0.05, 0.1) is 18.0 Å². The summed E-state index contributed by atoms with van der Waals surface area (Å²) in [7, 11) is 0. The number of hydrogen-bond donors (Lipinski definition) is 0. The van der Waals surface area contributed by atoms with Crippen LogP contribution in [0.4, 0.5) is 0 Å². The third-order valence-electron chi connectivity index (χ3n) is 5.81. The molecule has 25 heavy (non-hydrogen) atoms. The molecule has 2 aliphatic rings. The molecule has 0 amide bonds. The second-order valence-electron chi connectivity index (χ2n) is 7.14. The predicted molar refractivity (Wildman–Crippen MR) is 95.5 cm³/mol. The highest BCUT2D eigenvalue weighted by atomic mass is 16.1. The molecule has 0 aliphatic heterocycles. The monoisotopic (exact) mass is 329 g/mol. The van der Waals surface area contributed by atoms with E-state index in [-0.39, 0.29) is 23.3 Å². The van der Waals surface area contributed by atoms with Gasteiger partial charge in [-0.05, 0) is 18.8 Å². The van der Waals surface area contributed by atoms with Crippen molar-refractivity contribution in [3.05, 3.63) is 71.1 Å². The maximum Gasteiger partial charge on any atom is 0.226 e. The average molecular weight is 329 g/mol. The maximum absolute atomic E-state index is 12.4. The number of rotatable bonds is 1. The lowest BCUT2D eigenvalue weighted by molar-refractivity contribution is -0.121. The molecular weight excluding hydrogens is 310 g/mol. The first-order valence-electron chi connectivity index (χ1n) is 8.60. The van der Waals surface area contributed by atoms with Crippen molar-refractivity contribution in [3.63, 3.8) is 0 Å². The van der Waals surface area contributed by atoms with E-state index < -0.39 is 5.41 Å². The molecule has 0 saturated heterocycles. The molecule has 1 aromatic carbocycles. The quantitative estimate of drug-likeness (QED) is 0.743.